The van der Waals surface area contributed by atoms with Crippen LogP contribution in [0.15, 0.2) is 0 Å². The molecular weight excluding hydrogens is 166 g/mol. The number of likely N-dealkylation sites (tertiary alicyclic amines) is 1. The van der Waals surface area contributed by atoms with Crippen LogP contribution in [-0.4, -0.2) is 49.0 Å². The normalized spacial score (nSPS) is 40.6. The first kappa shape index (κ1) is 9.44. The Morgan fingerprint density at radius 3 is 3.00 bits per heavy atom. The highest BCUT2D eigenvalue weighted by atomic mass is 16.5. The number of nitrogens with zero attached hydrogens (tertiary/aromatic N) is 1. The van der Waals surface area contributed by atoms with E-state index in [4.69, 9.17) is 9.84 Å². The van der Waals surface area contributed by atoms with Crippen LogP contribution in [0.4, 0.5) is 0 Å². The van der Waals surface area contributed by atoms with Gasteiger partial charge >= 0.3 is 0 Å². The monoisotopic (exact) mass is 185 g/mol. The maximum absolute atomic E-state index is 8.97. The van der Waals surface area contributed by atoms with Gasteiger partial charge in [0, 0.05) is 26.3 Å². The molecule has 13 heavy (non-hydrogen) atoms. The predicted molar refractivity (Wildman–Crippen MR) is 50.6 cm³/mol. The minimum atomic E-state index is 0.360. The molecule has 2 rings (SSSR count). The fourth-order valence-electron chi connectivity index (χ4n) is 2.33. The number of rotatable bonds is 3. The van der Waals surface area contributed by atoms with Crippen LogP contribution in [-0.2, 0) is 4.74 Å². The lowest BCUT2D eigenvalue weighted by molar-refractivity contribution is 0.0253. The Morgan fingerprint density at radius 1 is 1.54 bits per heavy atom. The third-order valence-electron chi connectivity index (χ3n) is 3.33. The van der Waals surface area contributed by atoms with E-state index in [1.54, 1.807) is 7.11 Å². The van der Waals surface area contributed by atoms with Gasteiger partial charge in [0.25, 0.3) is 0 Å². The van der Waals surface area contributed by atoms with E-state index >= 15 is 0 Å². The third-order valence-corrected chi connectivity index (χ3v) is 3.33. The lowest BCUT2D eigenvalue weighted by atomic mass is 10.1. The first-order valence-corrected chi connectivity index (χ1v) is 5.23. The molecule has 3 atom stereocenters. The Labute approximate surface area is 79.7 Å². The number of aliphatic hydroxyl groups is 1. The molecule has 1 aliphatic heterocycles. The Kier molecular flexibility index (Phi) is 2.86. The lowest BCUT2D eigenvalue weighted by Crippen LogP contribution is -2.41. The van der Waals surface area contributed by atoms with Crippen LogP contribution in [0, 0.1) is 5.92 Å². The molecule has 0 aromatic rings. The van der Waals surface area contributed by atoms with Crippen molar-refractivity contribution in [1.29, 1.82) is 0 Å². The predicted octanol–water partition coefficient (Wildman–Crippen LogP) is 0.478. The Balaban J connectivity index is 1.80. The van der Waals surface area contributed by atoms with Crippen molar-refractivity contribution < 1.29 is 9.84 Å². The maximum atomic E-state index is 8.97. The van der Waals surface area contributed by atoms with Crippen LogP contribution >= 0.6 is 0 Å². The molecule has 3 nitrogen and oxygen atoms in total. The van der Waals surface area contributed by atoms with E-state index in [1.165, 1.54) is 25.8 Å². The Hall–Kier alpha value is -0.120. The molecule has 0 spiro atoms. The molecule has 2 aliphatic rings. The zero-order chi connectivity index (χ0) is 9.26. The van der Waals surface area contributed by atoms with Crippen molar-refractivity contribution in [3.8, 4) is 0 Å². The van der Waals surface area contributed by atoms with Crippen molar-refractivity contribution >= 4 is 0 Å². The smallest absolute Gasteiger partial charge is 0.0698 e. The van der Waals surface area contributed by atoms with Crippen LogP contribution in [0.3, 0.4) is 0 Å². The summed E-state index contributed by atoms with van der Waals surface area (Å²) in [6.07, 6.45) is 4.05. The van der Waals surface area contributed by atoms with Gasteiger partial charge in [-0.15, -0.1) is 0 Å². The van der Waals surface area contributed by atoms with E-state index in [1.807, 2.05) is 0 Å². The summed E-state index contributed by atoms with van der Waals surface area (Å²) in [5, 5.41) is 8.97. The van der Waals surface area contributed by atoms with Crippen LogP contribution in [0.25, 0.3) is 0 Å². The van der Waals surface area contributed by atoms with E-state index in [0.29, 0.717) is 24.7 Å². The first-order chi connectivity index (χ1) is 6.35. The molecule has 3 heteroatoms. The summed E-state index contributed by atoms with van der Waals surface area (Å²) >= 11 is 0. The van der Waals surface area contributed by atoms with Crippen LogP contribution in [0.2, 0.25) is 0 Å². The summed E-state index contributed by atoms with van der Waals surface area (Å²) in [6, 6.07) is 0.656. The number of hydrogen-bond donors (Lipinski definition) is 1. The Bertz CT molecular complexity index is 174. The molecule has 0 aromatic carbocycles. The van der Waals surface area contributed by atoms with Gasteiger partial charge in [-0.1, -0.05) is 0 Å². The van der Waals surface area contributed by atoms with Gasteiger partial charge in [0.2, 0.25) is 0 Å². The van der Waals surface area contributed by atoms with Gasteiger partial charge < -0.3 is 9.84 Å². The molecule has 1 aliphatic carbocycles. The number of piperidine rings is 1. The van der Waals surface area contributed by atoms with E-state index < -0.39 is 0 Å². The molecule has 1 heterocycles. The van der Waals surface area contributed by atoms with E-state index in [-0.39, 0.29) is 0 Å². The number of ether oxygens (including phenoxy) is 1. The maximum Gasteiger partial charge on any atom is 0.0698 e. The zero-order valence-electron chi connectivity index (χ0n) is 8.28. The molecule has 0 radical (unpaired) electrons. The molecule has 3 unspecified atom stereocenters. The van der Waals surface area contributed by atoms with Crippen molar-refractivity contribution in [1.82, 2.24) is 4.90 Å². The standard InChI is InChI=1S/C10H19NO2/c1-13-9-3-2-4-11(6-9)10-5-8(10)7-12/h8-10,12H,2-7H2,1H3. The van der Waals surface area contributed by atoms with E-state index in [2.05, 4.69) is 4.90 Å². The highest BCUT2D eigenvalue weighted by Gasteiger charge is 2.42. The second kappa shape index (κ2) is 3.95. The van der Waals surface area contributed by atoms with Crippen molar-refractivity contribution in [3.05, 3.63) is 0 Å². The highest BCUT2D eigenvalue weighted by Crippen LogP contribution is 2.36. The Morgan fingerprint density at radius 2 is 2.38 bits per heavy atom. The zero-order valence-corrected chi connectivity index (χ0v) is 8.28. The lowest BCUT2D eigenvalue weighted by Gasteiger charge is -2.32. The fourth-order valence-corrected chi connectivity index (χ4v) is 2.33. The van der Waals surface area contributed by atoms with Crippen LogP contribution < -0.4 is 0 Å². The van der Waals surface area contributed by atoms with Crippen molar-refractivity contribution in [2.75, 3.05) is 26.8 Å². The average molecular weight is 185 g/mol. The quantitative estimate of drug-likeness (QED) is 0.694. The highest BCUT2D eigenvalue weighted by molar-refractivity contribution is 4.96. The van der Waals surface area contributed by atoms with Crippen LogP contribution in [0.1, 0.15) is 19.3 Å². The van der Waals surface area contributed by atoms with Gasteiger partial charge in [0.1, 0.15) is 0 Å². The summed E-state index contributed by atoms with van der Waals surface area (Å²) < 4.78 is 5.36. The molecule has 2 fully saturated rings. The largest absolute Gasteiger partial charge is 0.396 e. The van der Waals surface area contributed by atoms with Gasteiger partial charge in [0.05, 0.1) is 6.10 Å². The molecule has 0 amide bonds. The molecule has 0 aromatic heterocycles. The summed E-state index contributed by atoms with van der Waals surface area (Å²) in [5.74, 6) is 0.551. The van der Waals surface area contributed by atoms with Gasteiger partial charge in [-0.25, -0.2) is 0 Å². The molecule has 1 saturated carbocycles. The van der Waals surface area contributed by atoms with Crippen molar-refractivity contribution in [2.24, 2.45) is 5.92 Å². The van der Waals surface area contributed by atoms with E-state index in [9.17, 15) is 0 Å². The number of methoxy groups -OCH3 is 1. The minimum Gasteiger partial charge on any atom is -0.396 e. The topological polar surface area (TPSA) is 32.7 Å². The third kappa shape index (κ3) is 2.03. The molecule has 1 saturated heterocycles. The van der Waals surface area contributed by atoms with Gasteiger partial charge in [0.15, 0.2) is 0 Å². The SMILES string of the molecule is COC1CCCN(C2CC2CO)C1. The second-order valence-electron chi connectivity index (χ2n) is 4.24. The first-order valence-electron chi connectivity index (χ1n) is 5.23. The van der Waals surface area contributed by atoms with Crippen molar-refractivity contribution in [2.45, 2.75) is 31.4 Å². The van der Waals surface area contributed by atoms with E-state index in [0.717, 1.165) is 6.54 Å². The fraction of sp³-hybridized carbons (Fsp3) is 1.00. The molecular formula is C10H19NO2. The van der Waals surface area contributed by atoms with Crippen LogP contribution in [0.5, 0.6) is 0 Å². The second-order valence-corrected chi connectivity index (χ2v) is 4.24. The van der Waals surface area contributed by atoms with Gasteiger partial charge in [-0.3, -0.25) is 4.90 Å². The minimum absolute atomic E-state index is 0.360. The van der Waals surface area contributed by atoms with Crippen molar-refractivity contribution in [3.63, 3.8) is 0 Å². The van der Waals surface area contributed by atoms with Gasteiger partial charge in [-0.2, -0.15) is 0 Å². The summed E-state index contributed by atoms with van der Waals surface area (Å²) in [5.41, 5.74) is 0. The molecule has 76 valence electrons. The average Bonchev–Trinajstić information content (AvgIpc) is 2.97. The molecule has 1 N–H and O–H groups in total. The summed E-state index contributed by atoms with van der Waals surface area (Å²) in [6.45, 7) is 2.62. The summed E-state index contributed by atoms with van der Waals surface area (Å²) in [7, 11) is 1.80. The summed E-state index contributed by atoms with van der Waals surface area (Å²) in [4.78, 5) is 2.48. The number of hydrogen-bond acceptors (Lipinski definition) is 3. The van der Waals surface area contributed by atoms with Gasteiger partial charge in [-0.05, 0) is 31.7 Å². The molecule has 0 bridgehead atoms. The number of aliphatic hydroxyl groups excluding tert-OH is 1.